The van der Waals surface area contributed by atoms with Gasteiger partial charge in [0.2, 0.25) is 0 Å². The number of aromatic nitrogens is 2. The Morgan fingerprint density at radius 1 is 1.42 bits per heavy atom. The van der Waals surface area contributed by atoms with Crippen LogP contribution < -0.4 is 10.1 Å². The number of benzene rings is 1. The van der Waals surface area contributed by atoms with E-state index in [1.54, 1.807) is 7.11 Å². The molecule has 0 aliphatic rings. The Hall–Kier alpha value is -1.33. The van der Waals surface area contributed by atoms with Crippen molar-refractivity contribution in [3.05, 3.63) is 34.6 Å². The Bertz CT molecular complexity index is 539. The van der Waals surface area contributed by atoms with E-state index in [4.69, 9.17) is 4.74 Å². The largest absolute Gasteiger partial charge is 0.496 e. The average molecular weight is 324 g/mol. The average Bonchev–Trinajstić information content (AvgIpc) is 2.88. The molecule has 1 aromatic carbocycles. The number of rotatable bonds is 6. The van der Waals surface area contributed by atoms with Gasteiger partial charge >= 0.3 is 0 Å². The first-order valence-electron chi connectivity index (χ1n) is 6.33. The van der Waals surface area contributed by atoms with Crippen LogP contribution in [0.5, 0.6) is 5.75 Å². The molecule has 102 valence electrons. The second-order valence-electron chi connectivity index (χ2n) is 4.28. The highest BCUT2D eigenvalue weighted by Gasteiger charge is 2.06. The third kappa shape index (κ3) is 3.58. The Morgan fingerprint density at radius 2 is 2.26 bits per heavy atom. The Labute approximate surface area is 121 Å². The molecule has 2 N–H and O–H groups in total. The van der Waals surface area contributed by atoms with Crippen molar-refractivity contribution in [1.29, 1.82) is 0 Å². The molecular weight excluding hydrogens is 306 g/mol. The fraction of sp³-hybridized carbons (Fsp3) is 0.357. The molecule has 0 bridgehead atoms. The van der Waals surface area contributed by atoms with E-state index in [0.717, 1.165) is 46.8 Å². The van der Waals surface area contributed by atoms with Crippen LogP contribution in [-0.4, -0.2) is 23.6 Å². The van der Waals surface area contributed by atoms with Crippen LogP contribution in [0.25, 0.3) is 11.4 Å². The van der Waals surface area contributed by atoms with Crippen molar-refractivity contribution < 1.29 is 4.74 Å². The summed E-state index contributed by atoms with van der Waals surface area (Å²) in [6.07, 6.45) is 3.00. The minimum atomic E-state index is 0.818. The van der Waals surface area contributed by atoms with Crippen LogP contribution in [0.2, 0.25) is 0 Å². The van der Waals surface area contributed by atoms with Gasteiger partial charge in [-0.2, -0.15) is 0 Å². The van der Waals surface area contributed by atoms with E-state index in [-0.39, 0.29) is 0 Å². The first kappa shape index (κ1) is 14.1. The Kier molecular flexibility index (Phi) is 4.99. The summed E-state index contributed by atoms with van der Waals surface area (Å²) in [6, 6.07) is 5.92. The maximum absolute atomic E-state index is 5.22. The normalized spacial score (nSPS) is 10.7. The maximum atomic E-state index is 5.22. The summed E-state index contributed by atoms with van der Waals surface area (Å²) in [6.45, 7) is 3.99. The van der Waals surface area contributed by atoms with E-state index in [9.17, 15) is 0 Å². The fourth-order valence-electron chi connectivity index (χ4n) is 1.81. The fourth-order valence-corrected chi connectivity index (χ4v) is 2.35. The number of nitrogens with one attached hydrogen (secondary N) is 2. The number of H-pyrrole nitrogens is 1. The van der Waals surface area contributed by atoms with E-state index in [2.05, 4.69) is 38.1 Å². The van der Waals surface area contributed by atoms with Gasteiger partial charge in [-0.05, 0) is 47.1 Å². The van der Waals surface area contributed by atoms with Gasteiger partial charge in [0.05, 0.1) is 11.6 Å². The zero-order valence-corrected chi connectivity index (χ0v) is 12.8. The van der Waals surface area contributed by atoms with Crippen LogP contribution in [0.1, 0.15) is 19.0 Å². The lowest BCUT2D eigenvalue weighted by molar-refractivity contribution is 0.412. The summed E-state index contributed by atoms with van der Waals surface area (Å²) in [5.41, 5.74) is 2.13. The van der Waals surface area contributed by atoms with Crippen LogP contribution in [0.15, 0.2) is 28.9 Å². The highest BCUT2D eigenvalue weighted by atomic mass is 79.9. The number of halogens is 1. The van der Waals surface area contributed by atoms with Crippen molar-refractivity contribution >= 4 is 15.9 Å². The van der Waals surface area contributed by atoms with Gasteiger partial charge < -0.3 is 15.0 Å². The van der Waals surface area contributed by atoms with E-state index >= 15 is 0 Å². The van der Waals surface area contributed by atoms with Crippen molar-refractivity contribution in [2.24, 2.45) is 0 Å². The predicted molar refractivity (Wildman–Crippen MR) is 80.3 cm³/mol. The van der Waals surface area contributed by atoms with Crippen LogP contribution in [0.3, 0.4) is 0 Å². The summed E-state index contributed by atoms with van der Waals surface area (Å²) in [4.78, 5) is 7.72. The van der Waals surface area contributed by atoms with Gasteiger partial charge in [0.25, 0.3) is 0 Å². The molecule has 5 heteroatoms. The molecule has 1 heterocycles. The first-order valence-corrected chi connectivity index (χ1v) is 7.12. The summed E-state index contributed by atoms with van der Waals surface area (Å²) in [5, 5.41) is 3.35. The zero-order chi connectivity index (χ0) is 13.7. The standard InChI is InChI=1S/C14H18BrN3O/c1-3-6-16-8-11-9-17-14(18-11)10-4-5-13(19-2)12(15)7-10/h4-5,7,9,16H,3,6,8H2,1-2H3,(H,17,18). The van der Waals surface area contributed by atoms with Gasteiger partial charge in [-0.3, -0.25) is 0 Å². The lowest BCUT2D eigenvalue weighted by Crippen LogP contribution is -2.13. The van der Waals surface area contributed by atoms with Crippen LogP contribution in [0, 0.1) is 0 Å². The van der Waals surface area contributed by atoms with Crippen molar-refractivity contribution in [2.45, 2.75) is 19.9 Å². The zero-order valence-electron chi connectivity index (χ0n) is 11.2. The quantitative estimate of drug-likeness (QED) is 0.801. The molecule has 2 aromatic rings. The van der Waals surface area contributed by atoms with Gasteiger partial charge in [-0.15, -0.1) is 0 Å². The molecule has 0 fully saturated rings. The number of imidazole rings is 1. The molecule has 0 radical (unpaired) electrons. The van der Waals surface area contributed by atoms with Gasteiger partial charge in [0.1, 0.15) is 11.6 Å². The molecule has 0 amide bonds. The lowest BCUT2D eigenvalue weighted by Gasteiger charge is -2.04. The molecule has 2 rings (SSSR count). The van der Waals surface area contributed by atoms with Crippen molar-refractivity contribution in [3.8, 4) is 17.1 Å². The number of hydrogen-bond donors (Lipinski definition) is 2. The number of ether oxygens (including phenoxy) is 1. The molecule has 4 nitrogen and oxygen atoms in total. The van der Waals surface area contributed by atoms with Crippen LogP contribution in [-0.2, 0) is 6.54 Å². The number of nitrogens with zero attached hydrogens (tertiary/aromatic N) is 1. The SMILES string of the molecule is CCCNCc1cnc(-c2ccc(OC)c(Br)c2)[nH]1. The molecule has 0 aliphatic heterocycles. The number of aromatic amines is 1. The first-order chi connectivity index (χ1) is 9.24. The van der Waals surface area contributed by atoms with Crippen molar-refractivity contribution in [1.82, 2.24) is 15.3 Å². The van der Waals surface area contributed by atoms with Gasteiger partial charge in [-0.25, -0.2) is 4.98 Å². The topological polar surface area (TPSA) is 49.9 Å². The maximum Gasteiger partial charge on any atom is 0.137 e. The summed E-state index contributed by atoms with van der Waals surface area (Å²) in [5.74, 6) is 1.69. The lowest BCUT2D eigenvalue weighted by atomic mass is 10.2. The number of methoxy groups -OCH3 is 1. The molecule has 1 aromatic heterocycles. The Balaban J connectivity index is 2.11. The summed E-state index contributed by atoms with van der Waals surface area (Å²) >= 11 is 3.48. The molecule has 0 unspecified atom stereocenters. The highest BCUT2D eigenvalue weighted by molar-refractivity contribution is 9.10. The van der Waals surface area contributed by atoms with Crippen LogP contribution in [0.4, 0.5) is 0 Å². The molecule has 0 aliphatic carbocycles. The smallest absolute Gasteiger partial charge is 0.137 e. The van der Waals surface area contributed by atoms with Crippen molar-refractivity contribution in [3.63, 3.8) is 0 Å². The monoisotopic (exact) mass is 323 g/mol. The molecular formula is C14H18BrN3O. The minimum absolute atomic E-state index is 0.818. The molecule has 19 heavy (non-hydrogen) atoms. The molecule has 0 spiro atoms. The van der Waals surface area contributed by atoms with Gasteiger partial charge in [0.15, 0.2) is 0 Å². The summed E-state index contributed by atoms with van der Waals surface area (Å²) < 4.78 is 6.14. The predicted octanol–water partition coefficient (Wildman–Crippen LogP) is 3.35. The van der Waals surface area contributed by atoms with Gasteiger partial charge in [0, 0.05) is 24.0 Å². The van der Waals surface area contributed by atoms with E-state index in [0.29, 0.717) is 0 Å². The molecule has 0 atom stereocenters. The van der Waals surface area contributed by atoms with Crippen LogP contribution >= 0.6 is 15.9 Å². The second kappa shape index (κ2) is 6.73. The van der Waals surface area contributed by atoms with Crippen molar-refractivity contribution in [2.75, 3.05) is 13.7 Å². The molecule has 0 saturated heterocycles. The highest BCUT2D eigenvalue weighted by Crippen LogP contribution is 2.29. The third-order valence-corrected chi connectivity index (χ3v) is 3.42. The number of hydrogen-bond acceptors (Lipinski definition) is 3. The van der Waals surface area contributed by atoms with E-state index < -0.39 is 0 Å². The minimum Gasteiger partial charge on any atom is -0.496 e. The third-order valence-electron chi connectivity index (χ3n) is 2.80. The molecule has 0 saturated carbocycles. The summed E-state index contributed by atoms with van der Waals surface area (Å²) in [7, 11) is 1.66. The van der Waals surface area contributed by atoms with E-state index in [1.165, 1.54) is 0 Å². The Morgan fingerprint density at radius 3 is 2.95 bits per heavy atom. The van der Waals surface area contributed by atoms with E-state index in [1.807, 2.05) is 24.4 Å². The second-order valence-corrected chi connectivity index (χ2v) is 5.14. The van der Waals surface area contributed by atoms with Gasteiger partial charge in [-0.1, -0.05) is 6.92 Å².